The summed E-state index contributed by atoms with van der Waals surface area (Å²) in [5.41, 5.74) is 0. The average Bonchev–Trinajstić information content (AvgIpc) is 2.47. The lowest BCUT2D eigenvalue weighted by Gasteiger charge is -2.28. The second kappa shape index (κ2) is 10.5. The molecule has 0 aliphatic heterocycles. The number of unbranched alkanes of at least 4 members (excludes halogenated alkanes) is 1. The molecule has 0 unspecified atom stereocenters. The third-order valence-corrected chi connectivity index (χ3v) is 6.41. The maximum Gasteiger partial charge on any atom is 0.312 e. The van der Waals surface area contributed by atoms with Crippen LogP contribution in [0.5, 0.6) is 0 Å². The molecule has 0 rings (SSSR count). The molecule has 1 N–H and O–H groups in total. The topological polar surface area (TPSA) is 72.5 Å². The number of sulfonamides is 1. The molecule has 0 aromatic rings. The van der Waals surface area contributed by atoms with Gasteiger partial charge in [0.05, 0.1) is 23.3 Å². The van der Waals surface area contributed by atoms with Gasteiger partial charge in [-0.25, -0.2) is 13.1 Å². The number of rotatable bonds is 10. The minimum absolute atomic E-state index is 0.0603. The molecule has 0 amide bonds. The molecule has 7 heteroatoms. The Kier molecular flexibility index (Phi) is 10.3. The summed E-state index contributed by atoms with van der Waals surface area (Å²) in [6.45, 7) is 12.8. The monoisotopic (exact) mass is 395 g/mol. The van der Waals surface area contributed by atoms with Gasteiger partial charge in [0, 0.05) is 5.03 Å². The Morgan fingerprint density at radius 2 is 1.80 bits per heavy atom. The Labute approximate surface area is 158 Å². The van der Waals surface area contributed by atoms with E-state index in [9.17, 15) is 13.2 Å². The van der Waals surface area contributed by atoms with E-state index >= 15 is 0 Å². The van der Waals surface area contributed by atoms with Gasteiger partial charge in [0.25, 0.3) is 0 Å². The van der Waals surface area contributed by atoms with Crippen molar-refractivity contribution in [2.24, 2.45) is 11.8 Å². The second-order valence-corrected chi connectivity index (χ2v) is 10.4. The lowest BCUT2D eigenvalue weighted by molar-refractivity contribution is -0.146. The Balaban J connectivity index is 5.56. The highest BCUT2D eigenvalue weighted by Crippen LogP contribution is 2.24. The van der Waals surface area contributed by atoms with Crippen LogP contribution in [0.15, 0.2) is 11.1 Å². The molecule has 5 nitrogen and oxygen atoms in total. The number of carbonyl (C=O) groups is 1. The second-order valence-electron chi connectivity index (χ2n) is 7.51. The maximum atomic E-state index is 12.5. The molecule has 0 aromatic carbocycles. The molecule has 0 radical (unpaired) electrons. The van der Waals surface area contributed by atoms with E-state index in [4.69, 9.17) is 16.3 Å². The van der Waals surface area contributed by atoms with Crippen LogP contribution in [0.1, 0.15) is 67.7 Å². The summed E-state index contributed by atoms with van der Waals surface area (Å²) in [5, 5.41) is 0.331. The van der Waals surface area contributed by atoms with E-state index in [0.29, 0.717) is 18.1 Å². The van der Waals surface area contributed by atoms with Gasteiger partial charge in [-0.3, -0.25) is 4.79 Å². The molecular weight excluding hydrogens is 362 g/mol. The predicted octanol–water partition coefficient (Wildman–Crippen LogP) is 4.22. The number of nitrogens with one attached hydrogen (secondary N) is 1. The number of esters is 1. The first-order chi connectivity index (χ1) is 11.4. The van der Waals surface area contributed by atoms with Crippen LogP contribution in [0.2, 0.25) is 0 Å². The van der Waals surface area contributed by atoms with Gasteiger partial charge in [-0.2, -0.15) is 0 Å². The fraction of sp³-hybridized carbons (Fsp3) is 0.833. The van der Waals surface area contributed by atoms with E-state index < -0.39 is 26.7 Å². The number of ether oxygens (including phenoxy) is 1. The third kappa shape index (κ3) is 8.09. The standard InChI is InChI=1S/C18H34ClNO4S/c1-8-10-11-14(17(21)24-9-2)12-15(19)16(13(3)4)20-25(22,23)18(5,6)7/h12-14,16,20H,8-11H2,1-7H3/b15-12-/t14-,16-/m0/s1. The molecule has 0 fully saturated rings. The fourth-order valence-electron chi connectivity index (χ4n) is 2.09. The lowest BCUT2D eigenvalue weighted by atomic mass is 9.98. The quantitative estimate of drug-likeness (QED) is 0.562. The Hall–Kier alpha value is -0.590. The molecule has 0 spiro atoms. The first-order valence-corrected chi connectivity index (χ1v) is 10.8. The lowest BCUT2D eigenvalue weighted by Crippen LogP contribution is -2.47. The van der Waals surface area contributed by atoms with E-state index in [-0.39, 0.29) is 11.9 Å². The fourth-order valence-corrected chi connectivity index (χ4v) is 3.70. The maximum absolute atomic E-state index is 12.5. The van der Waals surface area contributed by atoms with E-state index in [1.807, 2.05) is 20.8 Å². The van der Waals surface area contributed by atoms with Crippen molar-refractivity contribution in [3.8, 4) is 0 Å². The van der Waals surface area contributed by atoms with Gasteiger partial charge in [-0.1, -0.05) is 51.3 Å². The van der Waals surface area contributed by atoms with Gasteiger partial charge in [-0.15, -0.1) is 0 Å². The number of hydrogen-bond acceptors (Lipinski definition) is 4. The summed E-state index contributed by atoms with van der Waals surface area (Å²) in [5.74, 6) is -0.849. The normalized spacial score (nSPS) is 16.0. The molecule has 25 heavy (non-hydrogen) atoms. The van der Waals surface area contributed by atoms with Crippen LogP contribution in [0.3, 0.4) is 0 Å². The van der Waals surface area contributed by atoms with Crippen LogP contribution in [0, 0.1) is 11.8 Å². The Morgan fingerprint density at radius 1 is 1.24 bits per heavy atom. The van der Waals surface area contributed by atoms with Crippen molar-refractivity contribution < 1.29 is 17.9 Å². The van der Waals surface area contributed by atoms with Crippen molar-refractivity contribution in [2.75, 3.05) is 6.61 Å². The van der Waals surface area contributed by atoms with E-state index in [1.54, 1.807) is 33.8 Å². The third-order valence-electron chi connectivity index (χ3n) is 3.87. The Morgan fingerprint density at radius 3 is 2.20 bits per heavy atom. The summed E-state index contributed by atoms with van der Waals surface area (Å²) in [6.07, 6.45) is 4.09. The van der Waals surface area contributed by atoms with Crippen molar-refractivity contribution in [3.05, 3.63) is 11.1 Å². The summed E-state index contributed by atoms with van der Waals surface area (Å²) >= 11 is 6.44. The molecular formula is C18H34ClNO4S. The van der Waals surface area contributed by atoms with Crippen LogP contribution < -0.4 is 4.72 Å². The summed E-state index contributed by atoms with van der Waals surface area (Å²) in [4.78, 5) is 12.2. The van der Waals surface area contributed by atoms with Crippen molar-refractivity contribution >= 4 is 27.6 Å². The summed E-state index contributed by atoms with van der Waals surface area (Å²) in [7, 11) is -3.56. The molecule has 0 aliphatic rings. The SMILES string of the molecule is CCCC[C@@H](/C=C(\Cl)[C@@H](NS(=O)(=O)C(C)(C)C)C(C)C)C(=O)OCC. The molecule has 2 atom stereocenters. The van der Waals surface area contributed by atoms with Crippen LogP contribution in [0.4, 0.5) is 0 Å². The van der Waals surface area contributed by atoms with Crippen LogP contribution in [-0.4, -0.2) is 31.8 Å². The molecule has 148 valence electrons. The van der Waals surface area contributed by atoms with Crippen molar-refractivity contribution in [2.45, 2.75) is 78.5 Å². The van der Waals surface area contributed by atoms with Crippen LogP contribution in [-0.2, 0) is 19.6 Å². The molecule has 0 saturated heterocycles. The molecule has 0 bridgehead atoms. The zero-order chi connectivity index (χ0) is 19.8. The summed E-state index contributed by atoms with van der Waals surface area (Å²) < 4.78 is 31.8. The first-order valence-electron chi connectivity index (χ1n) is 8.93. The number of carbonyl (C=O) groups excluding carboxylic acids is 1. The highest BCUT2D eigenvalue weighted by molar-refractivity contribution is 7.90. The average molecular weight is 396 g/mol. The minimum Gasteiger partial charge on any atom is -0.466 e. The van der Waals surface area contributed by atoms with Crippen LogP contribution >= 0.6 is 11.6 Å². The van der Waals surface area contributed by atoms with Gasteiger partial charge in [0.15, 0.2) is 0 Å². The van der Waals surface area contributed by atoms with Gasteiger partial charge >= 0.3 is 5.97 Å². The highest BCUT2D eigenvalue weighted by atomic mass is 35.5. The summed E-state index contributed by atoms with van der Waals surface area (Å²) in [6, 6.07) is -0.579. The Bertz CT molecular complexity index is 550. The smallest absolute Gasteiger partial charge is 0.312 e. The molecule has 0 aromatic heterocycles. The van der Waals surface area contributed by atoms with Gasteiger partial charge in [0.2, 0.25) is 10.0 Å². The van der Waals surface area contributed by atoms with E-state index in [2.05, 4.69) is 4.72 Å². The number of halogens is 1. The van der Waals surface area contributed by atoms with Gasteiger partial charge in [0.1, 0.15) is 0 Å². The largest absolute Gasteiger partial charge is 0.466 e. The number of hydrogen-bond donors (Lipinski definition) is 1. The van der Waals surface area contributed by atoms with E-state index in [0.717, 1.165) is 12.8 Å². The van der Waals surface area contributed by atoms with Crippen molar-refractivity contribution in [1.82, 2.24) is 4.72 Å². The van der Waals surface area contributed by atoms with E-state index in [1.165, 1.54) is 0 Å². The first kappa shape index (κ1) is 24.4. The highest BCUT2D eigenvalue weighted by Gasteiger charge is 2.33. The molecule has 0 aliphatic carbocycles. The molecule has 0 saturated carbocycles. The van der Waals surface area contributed by atoms with Gasteiger partial charge in [-0.05, 0) is 40.0 Å². The van der Waals surface area contributed by atoms with Crippen molar-refractivity contribution in [1.29, 1.82) is 0 Å². The minimum atomic E-state index is -3.56. The molecule has 0 heterocycles. The predicted molar refractivity (Wildman–Crippen MR) is 104 cm³/mol. The van der Waals surface area contributed by atoms with Crippen LogP contribution in [0.25, 0.3) is 0 Å². The van der Waals surface area contributed by atoms with Gasteiger partial charge < -0.3 is 4.74 Å². The van der Waals surface area contributed by atoms with Crippen molar-refractivity contribution in [3.63, 3.8) is 0 Å². The zero-order valence-corrected chi connectivity index (χ0v) is 18.1. The zero-order valence-electron chi connectivity index (χ0n) is 16.6.